The SMILES string of the molecule is CCOC(=O)C1=CN(Cc2ccc(F)cc2)C=C(C(=O)OCC)C1c1ccc(Cl)cc1. The molecule has 0 amide bonds. The average molecular weight is 444 g/mol. The zero-order valence-electron chi connectivity index (χ0n) is 17.3. The van der Waals surface area contributed by atoms with Crippen LogP contribution in [0.25, 0.3) is 0 Å². The lowest BCUT2D eigenvalue weighted by Crippen LogP contribution is -2.29. The normalized spacial score (nSPS) is 14.0. The van der Waals surface area contributed by atoms with Crippen molar-refractivity contribution in [2.24, 2.45) is 0 Å². The molecular weight excluding hydrogens is 421 g/mol. The number of carbonyl (C=O) groups excluding carboxylic acids is 2. The van der Waals surface area contributed by atoms with Crippen molar-refractivity contribution in [3.63, 3.8) is 0 Å². The first-order valence-corrected chi connectivity index (χ1v) is 10.3. The minimum Gasteiger partial charge on any atom is -0.463 e. The molecule has 0 atom stereocenters. The molecule has 0 fully saturated rings. The molecule has 0 radical (unpaired) electrons. The van der Waals surface area contributed by atoms with E-state index in [9.17, 15) is 14.0 Å². The Labute approximate surface area is 185 Å². The second-order valence-corrected chi connectivity index (χ2v) is 7.33. The zero-order chi connectivity index (χ0) is 22.4. The van der Waals surface area contributed by atoms with Gasteiger partial charge in [-0.1, -0.05) is 35.9 Å². The van der Waals surface area contributed by atoms with Gasteiger partial charge in [0.05, 0.1) is 30.3 Å². The molecule has 5 nitrogen and oxygen atoms in total. The maximum absolute atomic E-state index is 13.3. The quantitative estimate of drug-likeness (QED) is 0.565. The van der Waals surface area contributed by atoms with Gasteiger partial charge in [-0.25, -0.2) is 14.0 Å². The summed E-state index contributed by atoms with van der Waals surface area (Å²) in [7, 11) is 0. The lowest BCUT2D eigenvalue weighted by atomic mass is 9.83. The number of carbonyl (C=O) groups is 2. The number of hydrogen-bond donors (Lipinski definition) is 0. The van der Waals surface area contributed by atoms with Crippen molar-refractivity contribution in [3.8, 4) is 0 Å². The van der Waals surface area contributed by atoms with E-state index in [1.807, 2.05) is 0 Å². The van der Waals surface area contributed by atoms with Crippen molar-refractivity contribution in [1.29, 1.82) is 0 Å². The molecular formula is C24H23ClFNO4. The molecule has 162 valence electrons. The number of ether oxygens (including phenoxy) is 2. The van der Waals surface area contributed by atoms with Crippen LogP contribution >= 0.6 is 11.6 Å². The van der Waals surface area contributed by atoms with Gasteiger partial charge in [-0.3, -0.25) is 0 Å². The predicted octanol–water partition coefficient (Wildman–Crippen LogP) is 4.97. The highest BCUT2D eigenvalue weighted by Crippen LogP contribution is 2.38. The molecule has 1 aliphatic rings. The summed E-state index contributed by atoms with van der Waals surface area (Å²) < 4.78 is 23.8. The summed E-state index contributed by atoms with van der Waals surface area (Å²) in [6.07, 6.45) is 3.31. The summed E-state index contributed by atoms with van der Waals surface area (Å²) >= 11 is 6.03. The fourth-order valence-corrected chi connectivity index (χ4v) is 3.51. The van der Waals surface area contributed by atoms with Crippen LogP contribution in [0.4, 0.5) is 4.39 Å². The number of halogens is 2. The molecule has 0 spiro atoms. The lowest BCUT2D eigenvalue weighted by Gasteiger charge is -2.30. The molecule has 0 aliphatic carbocycles. The van der Waals surface area contributed by atoms with Crippen molar-refractivity contribution in [2.75, 3.05) is 13.2 Å². The van der Waals surface area contributed by atoms with Crippen molar-refractivity contribution in [3.05, 3.63) is 94.0 Å². The van der Waals surface area contributed by atoms with E-state index in [0.29, 0.717) is 28.3 Å². The Morgan fingerprint density at radius 1 is 0.903 bits per heavy atom. The molecule has 31 heavy (non-hydrogen) atoms. The molecule has 0 saturated carbocycles. The van der Waals surface area contributed by atoms with Crippen LogP contribution in [0.3, 0.4) is 0 Å². The minimum atomic E-state index is -0.667. The maximum atomic E-state index is 13.3. The van der Waals surface area contributed by atoms with Gasteiger partial charge in [0.25, 0.3) is 0 Å². The third-order valence-corrected chi connectivity index (χ3v) is 4.99. The van der Waals surface area contributed by atoms with Crippen molar-refractivity contribution >= 4 is 23.5 Å². The van der Waals surface area contributed by atoms with E-state index in [4.69, 9.17) is 21.1 Å². The van der Waals surface area contributed by atoms with E-state index < -0.39 is 17.9 Å². The van der Waals surface area contributed by atoms with E-state index in [1.54, 1.807) is 67.5 Å². The highest BCUT2D eigenvalue weighted by atomic mass is 35.5. The van der Waals surface area contributed by atoms with E-state index in [1.165, 1.54) is 12.1 Å². The van der Waals surface area contributed by atoms with Gasteiger partial charge in [-0.05, 0) is 49.2 Å². The standard InChI is InChI=1S/C24H23ClFNO4/c1-3-30-23(28)20-14-27(13-16-5-11-19(26)12-6-16)15-21(24(29)31-4-2)22(20)17-7-9-18(25)10-8-17/h5-12,14-15,22H,3-4,13H2,1-2H3. The van der Waals surface area contributed by atoms with Gasteiger partial charge in [-0.15, -0.1) is 0 Å². The molecule has 7 heteroatoms. The summed E-state index contributed by atoms with van der Waals surface area (Å²) in [5, 5.41) is 0.542. The van der Waals surface area contributed by atoms with Crippen LogP contribution in [0.15, 0.2) is 72.1 Å². The molecule has 0 unspecified atom stereocenters. The van der Waals surface area contributed by atoms with Crippen LogP contribution in [-0.4, -0.2) is 30.1 Å². The lowest BCUT2D eigenvalue weighted by molar-refractivity contribution is -0.139. The van der Waals surface area contributed by atoms with E-state index in [0.717, 1.165) is 5.56 Å². The number of benzene rings is 2. The van der Waals surface area contributed by atoms with Crippen LogP contribution in [0, 0.1) is 5.82 Å². The number of nitrogens with zero attached hydrogens (tertiary/aromatic N) is 1. The number of esters is 2. The Bertz CT molecular complexity index is 963. The van der Waals surface area contributed by atoms with Crippen LogP contribution in [0.5, 0.6) is 0 Å². The number of rotatable bonds is 7. The van der Waals surface area contributed by atoms with Gasteiger partial charge in [0, 0.05) is 24.0 Å². The molecule has 0 bridgehead atoms. The fraction of sp³-hybridized carbons (Fsp3) is 0.250. The molecule has 1 heterocycles. The molecule has 2 aromatic rings. The Morgan fingerprint density at radius 2 is 1.42 bits per heavy atom. The van der Waals surface area contributed by atoms with Crippen LogP contribution in [-0.2, 0) is 25.6 Å². The van der Waals surface area contributed by atoms with Gasteiger partial charge >= 0.3 is 11.9 Å². The van der Waals surface area contributed by atoms with Crippen LogP contribution in [0.2, 0.25) is 5.02 Å². The second-order valence-electron chi connectivity index (χ2n) is 6.89. The summed E-state index contributed by atoms with van der Waals surface area (Å²) in [6.45, 7) is 4.16. The van der Waals surface area contributed by atoms with Gasteiger partial charge < -0.3 is 14.4 Å². The highest BCUT2D eigenvalue weighted by Gasteiger charge is 2.35. The Morgan fingerprint density at radius 3 is 1.90 bits per heavy atom. The summed E-state index contributed by atoms with van der Waals surface area (Å²) in [5.41, 5.74) is 2.13. The van der Waals surface area contributed by atoms with Gasteiger partial charge in [-0.2, -0.15) is 0 Å². The Hall–Kier alpha value is -3.12. The van der Waals surface area contributed by atoms with Gasteiger partial charge in [0.2, 0.25) is 0 Å². The average Bonchev–Trinajstić information content (AvgIpc) is 2.76. The van der Waals surface area contributed by atoms with E-state index in [2.05, 4.69) is 0 Å². The third kappa shape index (κ3) is 5.52. The Kier molecular flexibility index (Phi) is 7.47. The van der Waals surface area contributed by atoms with Crippen LogP contribution < -0.4 is 0 Å². The summed E-state index contributed by atoms with van der Waals surface area (Å²) in [5.74, 6) is -2.06. The first-order chi connectivity index (χ1) is 14.9. The molecule has 1 aliphatic heterocycles. The van der Waals surface area contributed by atoms with Crippen molar-refractivity contribution in [1.82, 2.24) is 4.90 Å². The predicted molar refractivity (Wildman–Crippen MR) is 116 cm³/mol. The second kappa shape index (κ2) is 10.3. The minimum absolute atomic E-state index is 0.194. The Balaban J connectivity index is 2.06. The number of hydrogen-bond acceptors (Lipinski definition) is 5. The van der Waals surface area contributed by atoms with Crippen molar-refractivity contribution in [2.45, 2.75) is 26.3 Å². The first kappa shape index (κ1) is 22.6. The summed E-state index contributed by atoms with van der Waals surface area (Å²) in [6, 6.07) is 13.0. The molecule has 0 saturated heterocycles. The highest BCUT2D eigenvalue weighted by molar-refractivity contribution is 6.30. The molecule has 3 rings (SSSR count). The third-order valence-electron chi connectivity index (χ3n) is 4.74. The van der Waals surface area contributed by atoms with Gasteiger partial charge in [0.1, 0.15) is 5.82 Å². The van der Waals surface area contributed by atoms with E-state index >= 15 is 0 Å². The molecule has 2 aromatic carbocycles. The first-order valence-electron chi connectivity index (χ1n) is 9.96. The smallest absolute Gasteiger partial charge is 0.336 e. The molecule has 0 aromatic heterocycles. The maximum Gasteiger partial charge on any atom is 0.336 e. The topological polar surface area (TPSA) is 55.8 Å². The largest absolute Gasteiger partial charge is 0.463 e. The summed E-state index contributed by atoms with van der Waals surface area (Å²) in [4.78, 5) is 27.4. The van der Waals surface area contributed by atoms with Crippen LogP contribution in [0.1, 0.15) is 30.9 Å². The zero-order valence-corrected chi connectivity index (χ0v) is 18.1. The fourth-order valence-electron chi connectivity index (χ4n) is 3.39. The molecule has 0 N–H and O–H groups in total. The van der Waals surface area contributed by atoms with E-state index in [-0.39, 0.29) is 19.0 Å². The van der Waals surface area contributed by atoms with Crippen molar-refractivity contribution < 1.29 is 23.5 Å². The monoisotopic (exact) mass is 443 g/mol. The van der Waals surface area contributed by atoms with Gasteiger partial charge in [0.15, 0.2) is 0 Å².